The number of ether oxygens (including phenoxy) is 1. The standard InChI is InChI=1S/C13H19NO4/c14-12(16)11(7-4-8-15)13(17)18-9-10-5-2-1-3-6-10/h1-3,5-6,11-12,15-16H,4,7-9,14H2/t11?,12-/m1/s1. The Balaban J connectivity index is 2.46. The molecule has 0 spiro atoms. The maximum absolute atomic E-state index is 11.7. The van der Waals surface area contributed by atoms with Crippen LogP contribution in [-0.2, 0) is 16.1 Å². The predicted octanol–water partition coefficient (Wildman–Crippen LogP) is 0.396. The van der Waals surface area contributed by atoms with Crippen molar-refractivity contribution in [3.05, 3.63) is 35.9 Å². The van der Waals surface area contributed by atoms with Crippen molar-refractivity contribution in [1.82, 2.24) is 0 Å². The Morgan fingerprint density at radius 2 is 2.00 bits per heavy atom. The van der Waals surface area contributed by atoms with Crippen LogP contribution in [0.4, 0.5) is 0 Å². The Labute approximate surface area is 106 Å². The van der Waals surface area contributed by atoms with Crippen LogP contribution in [0.1, 0.15) is 18.4 Å². The molecule has 0 aliphatic rings. The summed E-state index contributed by atoms with van der Waals surface area (Å²) >= 11 is 0. The molecule has 0 aliphatic heterocycles. The summed E-state index contributed by atoms with van der Waals surface area (Å²) in [5, 5.41) is 18.0. The number of carbonyl (C=O) groups is 1. The molecule has 0 heterocycles. The molecule has 1 rings (SSSR count). The second-order valence-corrected chi connectivity index (χ2v) is 4.06. The Bertz CT molecular complexity index is 353. The minimum Gasteiger partial charge on any atom is -0.460 e. The van der Waals surface area contributed by atoms with Crippen molar-refractivity contribution >= 4 is 5.97 Å². The monoisotopic (exact) mass is 253 g/mol. The van der Waals surface area contributed by atoms with Crippen molar-refractivity contribution in [3.8, 4) is 0 Å². The lowest BCUT2D eigenvalue weighted by molar-refractivity contribution is -0.154. The van der Waals surface area contributed by atoms with Gasteiger partial charge in [-0.3, -0.25) is 4.79 Å². The van der Waals surface area contributed by atoms with Gasteiger partial charge in [-0.05, 0) is 18.4 Å². The fourth-order valence-corrected chi connectivity index (χ4v) is 1.57. The molecule has 0 radical (unpaired) electrons. The van der Waals surface area contributed by atoms with Crippen molar-refractivity contribution < 1.29 is 19.7 Å². The van der Waals surface area contributed by atoms with E-state index in [1.807, 2.05) is 30.3 Å². The van der Waals surface area contributed by atoms with Gasteiger partial charge in [0.15, 0.2) is 0 Å². The minimum absolute atomic E-state index is 0.0464. The third-order valence-corrected chi connectivity index (χ3v) is 2.61. The molecule has 0 fully saturated rings. The molecular weight excluding hydrogens is 234 g/mol. The molecule has 2 atom stereocenters. The van der Waals surface area contributed by atoms with E-state index in [2.05, 4.69) is 0 Å². The van der Waals surface area contributed by atoms with Crippen LogP contribution in [0.15, 0.2) is 30.3 Å². The molecule has 0 aliphatic carbocycles. The highest BCUT2D eigenvalue weighted by Gasteiger charge is 2.25. The van der Waals surface area contributed by atoms with Crippen molar-refractivity contribution in [1.29, 1.82) is 0 Å². The van der Waals surface area contributed by atoms with Gasteiger partial charge in [-0.2, -0.15) is 0 Å². The largest absolute Gasteiger partial charge is 0.460 e. The number of rotatable bonds is 7. The van der Waals surface area contributed by atoms with E-state index >= 15 is 0 Å². The average Bonchev–Trinajstić information content (AvgIpc) is 2.37. The van der Waals surface area contributed by atoms with E-state index in [1.54, 1.807) is 0 Å². The molecule has 5 heteroatoms. The summed E-state index contributed by atoms with van der Waals surface area (Å²) < 4.78 is 5.09. The number of hydrogen-bond donors (Lipinski definition) is 3. The van der Waals surface area contributed by atoms with E-state index in [0.29, 0.717) is 12.8 Å². The van der Waals surface area contributed by atoms with E-state index in [-0.39, 0.29) is 13.2 Å². The summed E-state index contributed by atoms with van der Waals surface area (Å²) in [4.78, 5) is 11.7. The van der Waals surface area contributed by atoms with Gasteiger partial charge in [-0.25, -0.2) is 0 Å². The molecule has 0 aromatic heterocycles. The van der Waals surface area contributed by atoms with E-state index < -0.39 is 18.1 Å². The molecule has 1 aromatic rings. The van der Waals surface area contributed by atoms with E-state index in [4.69, 9.17) is 15.6 Å². The maximum atomic E-state index is 11.7. The first-order valence-corrected chi connectivity index (χ1v) is 5.90. The molecule has 1 aromatic carbocycles. The highest BCUT2D eigenvalue weighted by molar-refractivity contribution is 5.73. The lowest BCUT2D eigenvalue weighted by Crippen LogP contribution is -2.36. The van der Waals surface area contributed by atoms with Crippen LogP contribution in [0, 0.1) is 5.92 Å². The Morgan fingerprint density at radius 3 is 2.56 bits per heavy atom. The van der Waals surface area contributed by atoms with E-state index in [0.717, 1.165) is 5.56 Å². The van der Waals surface area contributed by atoms with Crippen LogP contribution in [0.5, 0.6) is 0 Å². The lowest BCUT2D eigenvalue weighted by atomic mass is 10.0. The van der Waals surface area contributed by atoms with Crippen molar-refractivity contribution in [2.45, 2.75) is 25.7 Å². The van der Waals surface area contributed by atoms with Crippen LogP contribution in [0.2, 0.25) is 0 Å². The summed E-state index contributed by atoms with van der Waals surface area (Å²) in [6.45, 7) is 0.108. The smallest absolute Gasteiger partial charge is 0.313 e. The first-order valence-electron chi connectivity index (χ1n) is 5.90. The van der Waals surface area contributed by atoms with Crippen LogP contribution < -0.4 is 5.73 Å². The van der Waals surface area contributed by atoms with Crippen molar-refractivity contribution in [2.75, 3.05) is 6.61 Å². The van der Waals surface area contributed by atoms with Crippen LogP contribution in [0.25, 0.3) is 0 Å². The van der Waals surface area contributed by atoms with Crippen LogP contribution in [0.3, 0.4) is 0 Å². The molecule has 0 amide bonds. The predicted molar refractivity (Wildman–Crippen MR) is 66.2 cm³/mol. The van der Waals surface area contributed by atoms with Gasteiger partial charge in [0, 0.05) is 6.61 Å². The van der Waals surface area contributed by atoms with Gasteiger partial charge in [0.2, 0.25) is 0 Å². The first kappa shape index (κ1) is 14.6. The molecule has 100 valence electrons. The summed E-state index contributed by atoms with van der Waals surface area (Å²) in [5.74, 6) is -1.33. The maximum Gasteiger partial charge on any atom is 0.313 e. The Hall–Kier alpha value is -1.43. The molecule has 0 bridgehead atoms. The van der Waals surface area contributed by atoms with Crippen LogP contribution >= 0.6 is 0 Å². The first-order chi connectivity index (χ1) is 8.65. The fraction of sp³-hybridized carbons (Fsp3) is 0.462. The second-order valence-electron chi connectivity index (χ2n) is 4.06. The number of nitrogens with two attached hydrogens (primary N) is 1. The van der Waals surface area contributed by atoms with Gasteiger partial charge in [0.25, 0.3) is 0 Å². The topological polar surface area (TPSA) is 92.8 Å². The van der Waals surface area contributed by atoms with E-state index in [9.17, 15) is 9.90 Å². The SMILES string of the molecule is N[C@H](O)C(CCCO)C(=O)OCc1ccccc1. The second kappa shape index (κ2) is 7.81. The number of benzene rings is 1. The van der Waals surface area contributed by atoms with Crippen molar-refractivity contribution in [2.24, 2.45) is 11.7 Å². The number of esters is 1. The third kappa shape index (κ3) is 4.83. The van der Waals surface area contributed by atoms with Gasteiger partial charge >= 0.3 is 5.97 Å². The molecule has 5 nitrogen and oxygen atoms in total. The minimum atomic E-state index is -1.26. The highest BCUT2D eigenvalue weighted by Crippen LogP contribution is 2.12. The normalized spacial score (nSPS) is 13.9. The molecule has 18 heavy (non-hydrogen) atoms. The Morgan fingerprint density at radius 1 is 1.33 bits per heavy atom. The quantitative estimate of drug-likeness (QED) is 0.483. The van der Waals surface area contributed by atoms with E-state index in [1.165, 1.54) is 0 Å². The Kier molecular flexibility index (Phi) is 6.35. The summed E-state index contributed by atoms with van der Waals surface area (Å²) in [7, 11) is 0. The summed E-state index contributed by atoms with van der Waals surface area (Å²) in [6, 6.07) is 9.26. The van der Waals surface area contributed by atoms with Gasteiger partial charge in [-0.1, -0.05) is 30.3 Å². The number of carbonyl (C=O) groups excluding carboxylic acids is 1. The zero-order valence-corrected chi connectivity index (χ0v) is 10.2. The van der Waals surface area contributed by atoms with Crippen LogP contribution in [-0.4, -0.2) is 29.0 Å². The zero-order valence-electron chi connectivity index (χ0n) is 10.2. The number of hydrogen-bond acceptors (Lipinski definition) is 5. The molecule has 0 saturated heterocycles. The van der Waals surface area contributed by atoms with Gasteiger partial charge < -0.3 is 20.7 Å². The number of aliphatic hydroxyl groups excluding tert-OH is 2. The van der Waals surface area contributed by atoms with Crippen molar-refractivity contribution in [3.63, 3.8) is 0 Å². The highest BCUT2D eigenvalue weighted by atomic mass is 16.5. The molecule has 4 N–H and O–H groups in total. The zero-order chi connectivity index (χ0) is 13.4. The lowest BCUT2D eigenvalue weighted by Gasteiger charge is -2.17. The molecule has 0 saturated carbocycles. The fourth-order valence-electron chi connectivity index (χ4n) is 1.57. The molecule has 1 unspecified atom stereocenters. The van der Waals surface area contributed by atoms with Gasteiger partial charge in [0.05, 0.1) is 5.92 Å². The summed E-state index contributed by atoms with van der Waals surface area (Å²) in [6.07, 6.45) is -0.555. The van der Waals surface area contributed by atoms with Gasteiger partial charge in [0.1, 0.15) is 12.8 Å². The number of aliphatic hydroxyl groups is 2. The van der Waals surface area contributed by atoms with Gasteiger partial charge in [-0.15, -0.1) is 0 Å². The average molecular weight is 253 g/mol. The third-order valence-electron chi connectivity index (χ3n) is 2.61. The molecular formula is C13H19NO4. The summed E-state index contributed by atoms with van der Waals surface area (Å²) in [5.41, 5.74) is 6.19.